The van der Waals surface area contributed by atoms with Crippen LogP contribution in [0.25, 0.3) is 0 Å². The first-order chi connectivity index (χ1) is 10.6. The lowest BCUT2D eigenvalue weighted by Gasteiger charge is -2.34. The predicted molar refractivity (Wildman–Crippen MR) is 85.8 cm³/mol. The Kier molecular flexibility index (Phi) is 4.29. The zero-order valence-corrected chi connectivity index (χ0v) is 13.2. The molecule has 0 aliphatic carbocycles. The first-order valence-electron chi connectivity index (χ1n) is 7.75. The molecule has 0 atom stereocenters. The van der Waals surface area contributed by atoms with Gasteiger partial charge in [-0.15, -0.1) is 0 Å². The van der Waals surface area contributed by atoms with E-state index in [9.17, 15) is 4.79 Å². The van der Waals surface area contributed by atoms with Gasteiger partial charge >= 0.3 is 0 Å². The standard InChI is InChI=1S/C18H22N2O2/c1-14-4-3-5-16(12-14)13-19-7-9-20(10-8-19)18(21)17-15(2)6-11-22-17/h3-6,11-12H,7-10,13H2,1-2H3. The first kappa shape index (κ1) is 14.9. The van der Waals surface area contributed by atoms with Crippen LogP contribution in [-0.4, -0.2) is 41.9 Å². The number of nitrogens with zero attached hydrogens (tertiary/aromatic N) is 2. The normalized spacial score (nSPS) is 16.0. The van der Waals surface area contributed by atoms with Crippen molar-refractivity contribution in [2.45, 2.75) is 20.4 Å². The average Bonchev–Trinajstić information content (AvgIpc) is 2.93. The van der Waals surface area contributed by atoms with Crippen LogP contribution in [-0.2, 0) is 6.54 Å². The second-order valence-corrected chi connectivity index (χ2v) is 5.99. The van der Waals surface area contributed by atoms with E-state index in [0.29, 0.717) is 5.76 Å². The van der Waals surface area contributed by atoms with Crippen molar-refractivity contribution in [2.75, 3.05) is 26.2 Å². The number of carbonyl (C=O) groups excluding carboxylic acids is 1. The third kappa shape index (κ3) is 3.22. The third-order valence-electron chi connectivity index (χ3n) is 4.20. The van der Waals surface area contributed by atoms with Gasteiger partial charge in [-0.3, -0.25) is 9.69 Å². The molecule has 0 radical (unpaired) electrons. The summed E-state index contributed by atoms with van der Waals surface area (Å²) in [4.78, 5) is 16.7. The highest BCUT2D eigenvalue weighted by Gasteiger charge is 2.24. The number of rotatable bonds is 3. The molecule has 1 aromatic heterocycles. The number of benzene rings is 1. The second kappa shape index (κ2) is 6.36. The van der Waals surface area contributed by atoms with Gasteiger partial charge in [-0.25, -0.2) is 0 Å². The minimum absolute atomic E-state index is 0.0118. The minimum atomic E-state index is 0.0118. The molecular weight excluding hydrogens is 276 g/mol. The monoisotopic (exact) mass is 298 g/mol. The summed E-state index contributed by atoms with van der Waals surface area (Å²) in [6, 6.07) is 10.4. The van der Waals surface area contributed by atoms with E-state index < -0.39 is 0 Å². The quantitative estimate of drug-likeness (QED) is 0.874. The van der Waals surface area contributed by atoms with Crippen LogP contribution in [0.3, 0.4) is 0 Å². The Hall–Kier alpha value is -2.07. The van der Waals surface area contributed by atoms with Crippen LogP contribution < -0.4 is 0 Å². The SMILES string of the molecule is Cc1cccc(CN2CCN(C(=O)c3occc3C)CC2)c1. The van der Waals surface area contributed by atoms with Gasteiger partial charge in [0.15, 0.2) is 5.76 Å². The van der Waals surface area contributed by atoms with Crippen LogP contribution in [0.1, 0.15) is 27.2 Å². The zero-order chi connectivity index (χ0) is 15.5. The number of aryl methyl sites for hydroxylation is 2. The molecule has 0 unspecified atom stereocenters. The maximum Gasteiger partial charge on any atom is 0.289 e. The van der Waals surface area contributed by atoms with Crippen molar-refractivity contribution in [3.05, 3.63) is 59.0 Å². The van der Waals surface area contributed by atoms with E-state index in [1.807, 2.05) is 17.9 Å². The molecule has 1 aromatic carbocycles. The Balaban J connectivity index is 1.56. The molecule has 0 bridgehead atoms. The van der Waals surface area contributed by atoms with E-state index in [1.54, 1.807) is 6.26 Å². The fourth-order valence-electron chi connectivity index (χ4n) is 2.91. The Bertz CT molecular complexity index is 655. The number of hydrogen-bond acceptors (Lipinski definition) is 3. The van der Waals surface area contributed by atoms with Crippen LogP contribution in [0.15, 0.2) is 41.0 Å². The molecule has 4 heteroatoms. The van der Waals surface area contributed by atoms with Gasteiger partial charge in [0, 0.05) is 38.3 Å². The number of carbonyl (C=O) groups is 1. The van der Waals surface area contributed by atoms with Crippen molar-refractivity contribution in [2.24, 2.45) is 0 Å². The average molecular weight is 298 g/mol. The molecule has 1 fully saturated rings. The first-order valence-corrected chi connectivity index (χ1v) is 7.75. The highest BCUT2D eigenvalue weighted by atomic mass is 16.3. The largest absolute Gasteiger partial charge is 0.459 e. The molecule has 22 heavy (non-hydrogen) atoms. The fraction of sp³-hybridized carbons (Fsp3) is 0.389. The number of amides is 1. The van der Waals surface area contributed by atoms with Crippen molar-refractivity contribution in [1.82, 2.24) is 9.80 Å². The number of hydrogen-bond donors (Lipinski definition) is 0. The van der Waals surface area contributed by atoms with Gasteiger partial charge < -0.3 is 9.32 Å². The lowest BCUT2D eigenvalue weighted by atomic mass is 10.1. The predicted octanol–water partition coefficient (Wildman–Crippen LogP) is 2.85. The van der Waals surface area contributed by atoms with Gasteiger partial charge in [-0.05, 0) is 25.5 Å². The van der Waals surface area contributed by atoms with Crippen LogP contribution in [0.5, 0.6) is 0 Å². The number of piperazine rings is 1. The molecule has 0 N–H and O–H groups in total. The van der Waals surface area contributed by atoms with Crippen molar-refractivity contribution < 1.29 is 9.21 Å². The van der Waals surface area contributed by atoms with Crippen molar-refractivity contribution >= 4 is 5.91 Å². The molecular formula is C18H22N2O2. The lowest BCUT2D eigenvalue weighted by molar-refractivity contribution is 0.0597. The smallest absolute Gasteiger partial charge is 0.289 e. The van der Waals surface area contributed by atoms with Crippen molar-refractivity contribution in [3.63, 3.8) is 0 Å². The molecule has 116 valence electrons. The maximum atomic E-state index is 12.4. The molecule has 3 rings (SSSR count). The van der Waals surface area contributed by atoms with Crippen LogP contribution >= 0.6 is 0 Å². The van der Waals surface area contributed by atoms with E-state index >= 15 is 0 Å². The molecule has 2 heterocycles. The summed E-state index contributed by atoms with van der Waals surface area (Å²) in [6.45, 7) is 8.29. The summed E-state index contributed by atoms with van der Waals surface area (Å²) in [5.41, 5.74) is 3.54. The van der Waals surface area contributed by atoms with Crippen LogP contribution in [0.4, 0.5) is 0 Å². The summed E-state index contributed by atoms with van der Waals surface area (Å²) in [5.74, 6) is 0.491. The Morgan fingerprint density at radius 1 is 1.14 bits per heavy atom. The van der Waals surface area contributed by atoms with E-state index in [1.165, 1.54) is 11.1 Å². The summed E-state index contributed by atoms with van der Waals surface area (Å²) in [7, 11) is 0. The summed E-state index contributed by atoms with van der Waals surface area (Å²) >= 11 is 0. The second-order valence-electron chi connectivity index (χ2n) is 5.99. The summed E-state index contributed by atoms with van der Waals surface area (Å²) in [5, 5.41) is 0. The maximum absolute atomic E-state index is 12.4. The molecule has 1 aliphatic heterocycles. The van der Waals surface area contributed by atoms with Gasteiger partial charge in [0.25, 0.3) is 5.91 Å². The van der Waals surface area contributed by atoms with E-state index in [2.05, 4.69) is 36.1 Å². The number of furan rings is 1. The Labute approximate surface area is 131 Å². The molecule has 1 saturated heterocycles. The molecule has 2 aromatic rings. The van der Waals surface area contributed by atoms with Gasteiger partial charge in [0.2, 0.25) is 0 Å². The van der Waals surface area contributed by atoms with Crippen molar-refractivity contribution in [3.8, 4) is 0 Å². The molecule has 0 spiro atoms. The lowest BCUT2D eigenvalue weighted by Crippen LogP contribution is -2.48. The van der Waals surface area contributed by atoms with Gasteiger partial charge in [-0.1, -0.05) is 29.8 Å². The molecule has 0 saturated carbocycles. The highest BCUT2D eigenvalue weighted by Crippen LogP contribution is 2.15. The van der Waals surface area contributed by atoms with E-state index in [-0.39, 0.29) is 5.91 Å². The molecule has 1 amide bonds. The zero-order valence-electron chi connectivity index (χ0n) is 13.2. The van der Waals surface area contributed by atoms with E-state index in [0.717, 1.165) is 38.3 Å². The third-order valence-corrected chi connectivity index (χ3v) is 4.20. The highest BCUT2D eigenvalue weighted by molar-refractivity contribution is 5.92. The molecule has 1 aliphatic rings. The van der Waals surface area contributed by atoms with Crippen LogP contribution in [0, 0.1) is 13.8 Å². The van der Waals surface area contributed by atoms with Gasteiger partial charge in [0.1, 0.15) is 0 Å². The van der Waals surface area contributed by atoms with Gasteiger partial charge in [-0.2, -0.15) is 0 Å². The van der Waals surface area contributed by atoms with Crippen molar-refractivity contribution in [1.29, 1.82) is 0 Å². The molecule has 4 nitrogen and oxygen atoms in total. The summed E-state index contributed by atoms with van der Waals surface area (Å²) < 4.78 is 5.31. The summed E-state index contributed by atoms with van der Waals surface area (Å²) in [6.07, 6.45) is 1.58. The Morgan fingerprint density at radius 2 is 1.91 bits per heavy atom. The van der Waals surface area contributed by atoms with E-state index in [4.69, 9.17) is 4.42 Å². The topological polar surface area (TPSA) is 36.7 Å². The van der Waals surface area contributed by atoms with Crippen LogP contribution in [0.2, 0.25) is 0 Å². The fourth-order valence-corrected chi connectivity index (χ4v) is 2.91. The van der Waals surface area contributed by atoms with Gasteiger partial charge in [0.05, 0.1) is 6.26 Å². The minimum Gasteiger partial charge on any atom is -0.459 e. The Morgan fingerprint density at radius 3 is 2.55 bits per heavy atom.